The first kappa shape index (κ1) is 18.7. The van der Waals surface area contributed by atoms with Gasteiger partial charge in [-0.2, -0.15) is 0 Å². The summed E-state index contributed by atoms with van der Waals surface area (Å²) in [6.07, 6.45) is 1.71. The van der Waals surface area contributed by atoms with Crippen LogP contribution in [-0.2, 0) is 30.4 Å². The SMILES string of the molecule is CC1(C)COP(Cc2cccc(CP3OCC(C)(C)CO3)c2)OC1. The minimum absolute atomic E-state index is 0.132. The highest BCUT2D eigenvalue weighted by Gasteiger charge is 2.30. The Morgan fingerprint density at radius 1 is 0.750 bits per heavy atom. The van der Waals surface area contributed by atoms with Crippen LogP contribution >= 0.6 is 16.8 Å². The maximum atomic E-state index is 5.91. The molecule has 2 saturated heterocycles. The summed E-state index contributed by atoms with van der Waals surface area (Å²) in [5, 5.41) is 0. The van der Waals surface area contributed by atoms with E-state index >= 15 is 0 Å². The summed E-state index contributed by atoms with van der Waals surface area (Å²) in [5.74, 6) is 0. The van der Waals surface area contributed by atoms with Gasteiger partial charge in [0, 0.05) is 23.2 Å². The van der Waals surface area contributed by atoms with E-state index < -0.39 is 16.8 Å². The van der Waals surface area contributed by atoms with Gasteiger partial charge in [-0.1, -0.05) is 52.0 Å². The second-order valence-corrected chi connectivity index (χ2v) is 11.2. The van der Waals surface area contributed by atoms with Crippen molar-refractivity contribution >= 4 is 16.8 Å². The second-order valence-electron chi connectivity index (χ2n) is 8.22. The van der Waals surface area contributed by atoms with Crippen LogP contribution in [0, 0.1) is 10.8 Å². The van der Waals surface area contributed by atoms with Crippen LogP contribution in [0.1, 0.15) is 38.8 Å². The molecule has 0 aromatic heterocycles. The van der Waals surface area contributed by atoms with E-state index in [9.17, 15) is 0 Å². The number of rotatable bonds is 4. The lowest BCUT2D eigenvalue weighted by Crippen LogP contribution is -2.28. The summed E-state index contributed by atoms with van der Waals surface area (Å²) in [6.45, 7) is 11.8. The van der Waals surface area contributed by atoms with Gasteiger partial charge in [0.1, 0.15) is 0 Å². The van der Waals surface area contributed by atoms with Gasteiger partial charge in [-0.25, -0.2) is 0 Å². The molecule has 0 amide bonds. The topological polar surface area (TPSA) is 36.9 Å². The van der Waals surface area contributed by atoms with E-state index in [1.54, 1.807) is 0 Å². The fraction of sp³-hybridized carbons (Fsp3) is 0.667. The molecule has 2 fully saturated rings. The largest absolute Gasteiger partial charge is 0.333 e. The zero-order chi connectivity index (χ0) is 17.2. The van der Waals surface area contributed by atoms with Crippen molar-refractivity contribution in [1.29, 1.82) is 0 Å². The van der Waals surface area contributed by atoms with E-state index in [1.807, 2.05) is 0 Å². The first-order valence-electron chi connectivity index (χ1n) is 8.46. The highest BCUT2D eigenvalue weighted by Crippen LogP contribution is 2.50. The summed E-state index contributed by atoms with van der Waals surface area (Å²) in [6, 6.07) is 8.65. The number of benzene rings is 1. The summed E-state index contributed by atoms with van der Waals surface area (Å²) in [4.78, 5) is 0. The van der Waals surface area contributed by atoms with Crippen LogP contribution in [0.5, 0.6) is 0 Å². The van der Waals surface area contributed by atoms with Crippen LogP contribution in [0.15, 0.2) is 24.3 Å². The molecule has 134 valence electrons. The molecule has 2 heterocycles. The van der Waals surface area contributed by atoms with E-state index in [0.29, 0.717) is 0 Å². The van der Waals surface area contributed by atoms with Crippen molar-refractivity contribution in [2.45, 2.75) is 40.0 Å². The Morgan fingerprint density at radius 2 is 1.12 bits per heavy atom. The average Bonchev–Trinajstić information content (AvgIpc) is 2.52. The number of hydrogen-bond donors (Lipinski definition) is 0. The smallest absolute Gasteiger partial charge is 0.175 e. The molecule has 0 aliphatic carbocycles. The quantitative estimate of drug-likeness (QED) is 0.660. The predicted molar refractivity (Wildman–Crippen MR) is 99.1 cm³/mol. The standard InChI is InChI=1S/C18H28O4P2/c1-17(2)11-19-23(20-12-17)9-15-6-5-7-16(8-15)10-24-21-13-18(3,4)14-22-24/h5-8H,9-14H2,1-4H3. The van der Waals surface area contributed by atoms with Crippen molar-refractivity contribution in [1.82, 2.24) is 0 Å². The summed E-state index contributed by atoms with van der Waals surface area (Å²) < 4.78 is 23.6. The van der Waals surface area contributed by atoms with E-state index in [4.69, 9.17) is 18.1 Å². The Kier molecular flexibility index (Phi) is 5.97. The van der Waals surface area contributed by atoms with Crippen molar-refractivity contribution in [3.8, 4) is 0 Å². The molecule has 4 nitrogen and oxygen atoms in total. The third kappa shape index (κ3) is 5.46. The Balaban J connectivity index is 1.53. The van der Waals surface area contributed by atoms with Gasteiger partial charge in [-0.15, -0.1) is 0 Å². The molecule has 0 bridgehead atoms. The first-order valence-corrected chi connectivity index (χ1v) is 11.2. The molecule has 6 heteroatoms. The molecule has 0 saturated carbocycles. The molecule has 0 atom stereocenters. The fourth-order valence-corrected chi connectivity index (χ4v) is 5.93. The third-order valence-electron chi connectivity index (χ3n) is 4.01. The van der Waals surface area contributed by atoms with Gasteiger partial charge in [0.25, 0.3) is 0 Å². The molecular formula is C18H28O4P2. The van der Waals surface area contributed by atoms with Gasteiger partial charge < -0.3 is 18.1 Å². The van der Waals surface area contributed by atoms with E-state index in [1.165, 1.54) is 11.1 Å². The minimum Gasteiger partial charge on any atom is -0.333 e. The third-order valence-corrected chi connectivity index (χ3v) is 6.93. The molecule has 24 heavy (non-hydrogen) atoms. The molecule has 3 rings (SSSR count). The van der Waals surface area contributed by atoms with Crippen molar-refractivity contribution in [3.63, 3.8) is 0 Å². The van der Waals surface area contributed by atoms with Crippen molar-refractivity contribution in [3.05, 3.63) is 35.4 Å². The number of hydrogen-bond acceptors (Lipinski definition) is 4. The summed E-state index contributed by atoms with van der Waals surface area (Å²) in [7, 11) is -1.62. The van der Waals surface area contributed by atoms with E-state index in [2.05, 4.69) is 52.0 Å². The molecule has 0 N–H and O–H groups in total. The normalized spacial score (nSPS) is 24.8. The molecule has 2 aliphatic rings. The van der Waals surface area contributed by atoms with Gasteiger partial charge in [0.15, 0.2) is 16.8 Å². The predicted octanol–water partition coefficient (Wildman–Crippen LogP) is 5.46. The van der Waals surface area contributed by atoms with Crippen LogP contribution in [0.2, 0.25) is 0 Å². The van der Waals surface area contributed by atoms with Crippen LogP contribution in [0.3, 0.4) is 0 Å². The lowest BCUT2D eigenvalue weighted by atomic mass is 9.97. The Bertz CT molecular complexity index is 496. The van der Waals surface area contributed by atoms with Crippen LogP contribution in [0.25, 0.3) is 0 Å². The highest BCUT2D eigenvalue weighted by atomic mass is 31.2. The molecule has 1 aromatic rings. The molecular weight excluding hydrogens is 342 g/mol. The molecule has 0 spiro atoms. The summed E-state index contributed by atoms with van der Waals surface area (Å²) in [5.41, 5.74) is 2.80. The van der Waals surface area contributed by atoms with Crippen molar-refractivity contribution in [2.24, 2.45) is 10.8 Å². The Hall–Kier alpha value is -0.0800. The van der Waals surface area contributed by atoms with Crippen LogP contribution in [-0.4, -0.2) is 26.4 Å². The van der Waals surface area contributed by atoms with Crippen LogP contribution in [0.4, 0.5) is 0 Å². The lowest BCUT2D eigenvalue weighted by molar-refractivity contribution is 0.0612. The Labute approximate surface area is 148 Å². The van der Waals surface area contributed by atoms with Crippen LogP contribution < -0.4 is 0 Å². The maximum Gasteiger partial charge on any atom is 0.175 e. The van der Waals surface area contributed by atoms with Gasteiger partial charge in [0.05, 0.1) is 26.4 Å². The van der Waals surface area contributed by atoms with Gasteiger partial charge in [-0.3, -0.25) is 0 Å². The molecule has 0 radical (unpaired) electrons. The second kappa shape index (κ2) is 7.66. The minimum atomic E-state index is -0.808. The van der Waals surface area contributed by atoms with E-state index in [-0.39, 0.29) is 10.8 Å². The zero-order valence-corrected chi connectivity index (χ0v) is 16.9. The molecule has 2 aliphatic heterocycles. The average molecular weight is 370 g/mol. The van der Waals surface area contributed by atoms with Gasteiger partial charge in [-0.05, 0) is 11.1 Å². The fourth-order valence-electron chi connectivity index (χ4n) is 2.45. The lowest BCUT2D eigenvalue weighted by Gasteiger charge is -2.34. The van der Waals surface area contributed by atoms with Crippen molar-refractivity contribution in [2.75, 3.05) is 26.4 Å². The monoisotopic (exact) mass is 370 g/mol. The molecule has 1 aromatic carbocycles. The van der Waals surface area contributed by atoms with Gasteiger partial charge >= 0.3 is 0 Å². The first-order chi connectivity index (χ1) is 11.3. The van der Waals surface area contributed by atoms with Crippen molar-refractivity contribution < 1.29 is 18.1 Å². The maximum absolute atomic E-state index is 5.91. The van der Waals surface area contributed by atoms with Gasteiger partial charge in [0.2, 0.25) is 0 Å². The zero-order valence-electron chi connectivity index (χ0n) is 15.1. The molecule has 0 unspecified atom stereocenters. The highest BCUT2D eigenvalue weighted by molar-refractivity contribution is 7.46. The Morgan fingerprint density at radius 3 is 1.50 bits per heavy atom. The summed E-state index contributed by atoms with van der Waals surface area (Å²) >= 11 is 0. The van der Waals surface area contributed by atoms with E-state index in [0.717, 1.165) is 38.8 Å².